The summed E-state index contributed by atoms with van der Waals surface area (Å²) >= 11 is 1.85. The molecule has 0 N–H and O–H groups in total. The minimum atomic E-state index is -0.458. The fourth-order valence-electron chi connectivity index (χ4n) is 9.63. The molecule has 0 fully saturated rings. The Morgan fingerprint density at radius 1 is 0.333 bits per heavy atom. The summed E-state index contributed by atoms with van der Waals surface area (Å²) in [5.74, 6) is 0.710. The monoisotopic (exact) mass is 780 g/mol. The lowest BCUT2D eigenvalue weighted by molar-refractivity contribution is 0.768. The van der Waals surface area contributed by atoms with E-state index in [-0.39, 0.29) is 0 Å². The molecule has 11 aromatic rings. The largest absolute Gasteiger partial charge is 0.228 e. The van der Waals surface area contributed by atoms with Crippen molar-refractivity contribution in [3.05, 3.63) is 241 Å². The van der Waals surface area contributed by atoms with Crippen LogP contribution in [0.2, 0.25) is 0 Å². The molecule has 12 rings (SSSR count). The number of fused-ring (bicyclic) bond motifs is 7. The molecule has 2 heterocycles. The van der Waals surface area contributed by atoms with Gasteiger partial charge in [0.05, 0.1) is 16.8 Å². The molecule has 0 unspecified atom stereocenters. The topological polar surface area (TPSA) is 25.8 Å². The van der Waals surface area contributed by atoms with Crippen LogP contribution in [0.15, 0.2) is 218 Å². The van der Waals surface area contributed by atoms with Crippen LogP contribution in [0.4, 0.5) is 0 Å². The van der Waals surface area contributed by atoms with Crippen LogP contribution in [0, 0.1) is 0 Å². The number of benzene rings is 9. The lowest BCUT2D eigenvalue weighted by Gasteiger charge is -2.33. The lowest BCUT2D eigenvalue weighted by atomic mass is 9.67. The molecule has 0 atom stereocenters. The van der Waals surface area contributed by atoms with Crippen molar-refractivity contribution < 1.29 is 0 Å². The van der Waals surface area contributed by atoms with Gasteiger partial charge in [-0.1, -0.05) is 188 Å². The Bertz CT molecular complexity index is 3380. The van der Waals surface area contributed by atoms with Crippen molar-refractivity contribution in [1.29, 1.82) is 0 Å². The van der Waals surface area contributed by atoms with Crippen LogP contribution in [-0.2, 0) is 5.41 Å². The summed E-state index contributed by atoms with van der Waals surface area (Å²) in [5.41, 5.74) is 14.4. The second-order valence-electron chi connectivity index (χ2n) is 15.7. The fraction of sp³-hybridized carbons (Fsp3) is 0.0175. The highest BCUT2D eigenvalue weighted by atomic mass is 32.1. The number of hydrogen-bond donors (Lipinski definition) is 0. The smallest absolute Gasteiger partial charge is 0.161 e. The molecule has 0 saturated heterocycles. The van der Waals surface area contributed by atoms with Gasteiger partial charge < -0.3 is 0 Å². The van der Waals surface area contributed by atoms with Gasteiger partial charge in [-0.25, -0.2) is 9.97 Å². The fourth-order valence-corrected chi connectivity index (χ4v) is 10.7. The quantitative estimate of drug-likeness (QED) is 0.168. The second-order valence-corrected chi connectivity index (χ2v) is 16.7. The molecule has 1 aliphatic carbocycles. The van der Waals surface area contributed by atoms with E-state index in [1.54, 1.807) is 0 Å². The van der Waals surface area contributed by atoms with Gasteiger partial charge >= 0.3 is 0 Å². The van der Waals surface area contributed by atoms with Crippen LogP contribution in [0.5, 0.6) is 0 Å². The predicted molar refractivity (Wildman–Crippen MR) is 251 cm³/mol. The molecule has 0 radical (unpaired) electrons. The highest BCUT2D eigenvalue weighted by Crippen LogP contribution is 2.56. The van der Waals surface area contributed by atoms with Gasteiger partial charge in [-0.05, 0) is 85.6 Å². The maximum atomic E-state index is 5.39. The van der Waals surface area contributed by atoms with Crippen LogP contribution in [0.3, 0.4) is 0 Å². The van der Waals surface area contributed by atoms with E-state index in [4.69, 9.17) is 9.97 Å². The molecule has 0 saturated carbocycles. The first-order chi connectivity index (χ1) is 29.7. The average Bonchev–Trinajstić information content (AvgIpc) is 3.85. The Balaban J connectivity index is 1.02. The first-order valence-electron chi connectivity index (χ1n) is 20.5. The van der Waals surface area contributed by atoms with E-state index in [2.05, 4.69) is 218 Å². The molecule has 0 bridgehead atoms. The van der Waals surface area contributed by atoms with Crippen molar-refractivity contribution in [3.63, 3.8) is 0 Å². The Morgan fingerprint density at radius 2 is 0.900 bits per heavy atom. The van der Waals surface area contributed by atoms with Gasteiger partial charge in [0.2, 0.25) is 0 Å². The van der Waals surface area contributed by atoms with Crippen LogP contribution < -0.4 is 0 Å². The Labute approximate surface area is 352 Å². The maximum Gasteiger partial charge on any atom is 0.161 e. The van der Waals surface area contributed by atoms with Crippen molar-refractivity contribution >= 4 is 42.3 Å². The Hall–Kier alpha value is -7.46. The normalized spacial score (nSPS) is 12.8. The first kappa shape index (κ1) is 34.6. The molecule has 280 valence electrons. The van der Waals surface area contributed by atoms with E-state index >= 15 is 0 Å². The van der Waals surface area contributed by atoms with Crippen LogP contribution in [0.25, 0.3) is 87.1 Å². The van der Waals surface area contributed by atoms with Crippen LogP contribution in [-0.4, -0.2) is 9.97 Å². The molecule has 0 amide bonds. The minimum Gasteiger partial charge on any atom is -0.228 e. The zero-order valence-electron chi connectivity index (χ0n) is 32.6. The first-order valence-corrected chi connectivity index (χ1v) is 21.3. The van der Waals surface area contributed by atoms with Gasteiger partial charge in [-0.3, -0.25) is 0 Å². The summed E-state index contributed by atoms with van der Waals surface area (Å²) in [4.78, 5) is 10.7. The molecule has 2 aromatic heterocycles. The second kappa shape index (κ2) is 13.8. The van der Waals surface area contributed by atoms with Gasteiger partial charge in [0, 0.05) is 36.9 Å². The summed E-state index contributed by atoms with van der Waals surface area (Å²) in [7, 11) is 0. The summed E-state index contributed by atoms with van der Waals surface area (Å²) in [6, 6.07) is 79.2. The zero-order valence-corrected chi connectivity index (χ0v) is 33.4. The van der Waals surface area contributed by atoms with Gasteiger partial charge in [0.1, 0.15) is 0 Å². The SMILES string of the molecule is c1ccc(C2(c3ccccc3)c3ccccc3-c3cc(-c4cc(-c5ccc(-c6ccc7sc8ccccc8c7c6)cc5)nc(-c5cccc6ccccc56)n4)ccc32)cc1. The molecular formula is C57H36N2S. The van der Waals surface area contributed by atoms with Crippen molar-refractivity contribution in [2.24, 2.45) is 0 Å². The number of rotatable bonds is 6. The van der Waals surface area contributed by atoms with E-state index < -0.39 is 5.41 Å². The number of nitrogens with zero attached hydrogens (tertiary/aromatic N) is 2. The molecule has 3 heteroatoms. The summed E-state index contributed by atoms with van der Waals surface area (Å²) in [6.07, 6.45) is 0. The average molecular weight is 781 g/mol. The lowest BCUT2D eigenvalue weighted by Crippen LogP contribution is -2.28. The third kappa shape index (κ3) is 5.40. The predicted octanol–water partition coefficient (Wildman–Crippen LogP) is 15.0. The van der Waals surface area contributed by atoms with E-state index in [1.807, 2.05) is 11.3 Å². The molecule has 0 spiro atoms. The highest BCUT2D eigenvalue weighted by molar-refractivity contribution is 7.25. The Morgan fingerprint density at radius 3 is 1.70 bits per heavy atom. The van der Waals surface area contributed by atoms with E-state index in [1.165, 1.54) is 64.7 Å². The van der Waals surface area contributed by atoms with Crippen molar-refractivity contribution in [2.45, 2.75) is 5.41 Å². The summed E-state index contributed by atoms with van der Waals surface area (Å²) < 4.78 is 2.63. The Kier molecular flexibility index (Phi) is 7.97. The molecule has 0 aliphatic heterocycles. The summed E-state index contributed by atoms with van der Waals surface area (Å²) in [5, 5.41) is 4.91. The molecule has 9 aromatic carbocycles. The third-order valence-electron chi connectivity index (χ3n) is 12.4. The van der Waals surface area contributed by atoms with Crippen LogP contribution in [0.1, 0.15) is 22.3 Å². The van der Waals surface area contributed by atoms with Crippen LogP contribution >= 0.6 is 11.3 Å². The van der Waals surface area contributed by atoms with E-state index in [0.29, 0.717) is 5.82 Å². The van der Waals surface area contributed by atoms with Crippen molar-refractivity contribution in [3.8, 4) is 56.2 Å². The molecular weight excluding hydrogens is 745 g/mol. The molecule has 60 heavy (non-hydrogen) atoms. The zero-order chi connectivity index (χ0) is 39.6. The van der Waals surface area contributed by atoms with Gasteiger partial charge in [0.15, 0.2) is 5.82 Å². The standard InChI is InChI=1S/C57H36N2S/c1-3-16-42(17-4-1)57(43-18-5-2-6-19-43)50-24-11-9-21-45(50)48-35-41(30-32-51(48)57)53-36-52(58-56(59-53)47-23-13-15-38-14-7-8-20-44(38)47)39-28-26-37(27-29-39)40-31-33-55-49(34-40)46-22-10-12-25-54(46)60-55/h1-36H. The number of hydrogen-bond acceptors (Lipinski definition) is 3. The van der Waals surface area contributed by atoms with Gasteiger partial charge in [0.25, 0.3) is 0 Å². The van der Waals surface area contributed by atoms with Crippen molar-refractivity contribution in [2.75, 3.05) is 0 Å². The number of thiophene rings is 1. The van der Waals surface area contributed by atoms with Gasteiger partial charge in [-0.2, -0.15) is 0 Å². The van der Waals surface area contributed by atoms with E-state index in [9.17, 15) is 0 Å². The molecule has 1 aliphatic rings. The van der Waals surface area contributed by atoms with E-state index in [0.717, 1.165) is 38.9 Å². The van der Waals surface area contributed by atoms with Crippen molar-refractivity contribution in [1.82, 2.24) is 9.97 Å². The third-order valence-corrected chi connectivity index (χ3v) is 13.6. The van der Waals surface area contributed by atoms with Gasteiger partial charge in [-0.15, -0.1) is 11.3 Å². The summed E-state index contributed by atoms with van der Waals surface area (Å²) in [6.45, 7) is 0. The number of aromatic nitrogens is 2. The maximum absolute atomic E-state index is 5.39. The molecule has 2 nitrogen and oxygen atoms in total. The highest BCUT2D eigenvalue weighted by Gasteiger charge is 2.46. The minimum absolute atomic E-state index is 0.458.